The Kier molecular flexibility index (Phi) is 3.97. The van der Waals surface area contributed by atoms with Crippen LogP contribution in [0.25, 0.3) is 0 Å². The first kappa shape index (κ1) is 11.3. The Balaban J connectivity index is 1.63. The van der Waals surface area contributed by atoms with Crippen molar-refractivity contribution in [2.75, 3.05) is 32.8 Å². The highest BCUT2D eigenvalue weighted by Crippen LogP contribution is 2.17. The molecule has 2 rings (SSSR count). The molecular weight excluding hydrogens is 192 g/mol. The monoisotopic (exact) mass is 214 g/mol. The molecule has 1 atom stereocenters. The summed E-state index contributed by atoms with van der Waals surface area (Å²) < 4.78 is 5.52. The summed E-state index contributed by atoms with van der Waals surface area (Å²) in [7, 11) is 0. The minimum absolute atomic E-state index is 0.371. The van der Waals surface area contributed by atoms with E-state index in [1.165, 1.54) is 6.42 Å². The maximum atomic E-state index is 10.2. The first-order valence-corrected chi connectivity index (χ1v) is 6.04. The van der Waals surface area contributed by atoms with Crippen molar-refractivity contribution >= 4 is 0 Å². The van der Waals surface area contributed by atoms with Gasteiger partial charge in [-0.15, -0.1) is 0 Å². The SMILES string of the molecule is OC1(CNCC2CCCO2)CCNCC1. The molecule has 3 N–H and O–H groups in total. The number of rotatable bonds is 4. The standard InChI is InChI=1S/C11H22N2O2/c14-11(3-5-12-6-4-11)9-13-8-10-2-1-7-15-10/h10,12-14H,1-9H2. The second-order valence-corrected chi connectivity index (χ2v) is 4.74. The van der Waals surface area contributed by atoms with Crippen molar-refractivity contribution in [1.82, 2.24) is 10.6 Å². The summed E-state index contributed by atoms with van der Waals surface area (Å²) in [5, 5.41) is 16.8. The lowest BCUT2D eigenvalue weighted by Crippen LogP contribution is -2.49. The average Bonchev–Trinajstić information content (AvgIpc) is 2.71. The Hall–Kier alpha value is -0.160. The van der Waals surface area contributed by atoms with E-state index in [0.717, 1.165) is 45.5 Å². The van der Waals surface area contributed by atoms with Crippen LogP contribution in [0.5, 0.6) is 0 Å². The lowest BCUT2D eigenvalue weighted by Gasteiger charge is -2.33. The van der Waals surface area contributed by atoms with E-state index in [2.05, 4.69) is 10.6 Å². The van der Waals surface area contributed by atoms with Crippen LogP contribution in [0, 0.1) is 0 Å². The second kappa shape index (κ2) is 5.25. The second-order valence-electron chi connectivity index (χ2n) is 4.74. The topological polar surface area (TPSA) is 53.5 Å². The van der Waals surface area contributed by atoms with Crippen molar-refractivity contribution in [2.45, 2.75) is 37.4 Å². The molecule has 0 bridgehead atoms. The molecule has 2 aliphatic rings. The lowest BCUT2D eigenvalue weighted by molar-refractivity contribution is 0.00775. The summed E-state index contributed by atoms with van der Waals surface area (Å²) in [4.78, 5) is 0. The Morgan fingerprint density at radius 3 is 2.87 bits per heavy atom. The summed E-state index contributed by atoms with van der Waals surface area (Å²) in [5.74, 6) is 0. The molecule has 2 saturated heterocycles. The molecule has 0 aromatic rings. The van der Waals surface area contributed by atoms with E-state index in [1.807, 2.05) is 0 Å². The summed E-state index contributed by atoms with van der Waals surface area (Å²) in [6.07, 6.45) is 4.42. The van der Waals surface area contributed by atoms with Gasteiger partial charge in [-0.2, -0.15) is 0 Å². The smallest absolute Gasteiger partial charge is 0.0795 e. The molecule has 2 fully saturated rings. The number of aliphatic hydroxyl groups is 1. The zero-order valence-electron chi connectivity index (χ0n) is 9.30. The van der Waals surface area contributed by atoms with E-state index < -0.39 is 5.60 Å². The molecule has 4 nitrogen and oxygen atoms in total. The Morgan fingerprint density at radius 1 is 1.40 bits per heavy atom. The number of hydrogen-bond acceptors (Lipinski definition) is 4. The van der Waals surface area contributed by atoms with Crippen molar-refractivity contribution in [3.8, 4) is 0 Å². The van der Waals surface area contributed by atoms with E-state index in [0.29, 0.717) is 12.6 Å². The molecule has 0 aromatic carbocycles. The molecule has 0 spiro atoms. The molecule has 0 saturated carbocycles. The molecule has 88 valence electrons. The summed E-state index contributed by atoms with van der Waals surface area (Å²) >= 11 is 0. The molecule has 0 radical (unpaired) electrons. The van der Waals surface area contributed by atoms with Crippen LogP contribution in [0.15, 0.2) is 0 Å². The fourth-order valence-corrected chi connectivity index (χ4v) is 2.34. The van der Waals surface area contributed by atoms with Gasteiger partial charge in [0.1, 0.15) is 0 Å². The molecule has 0 aliphatic carbocycles. The fraction of sp³-hybridized carbons (Fsp3) is 1.00. The van der Waals surface area contributed by atoms with Gasteiger partial charge in [-0.25, -0.2) is 0 Å². The number of nitrogens with one attached hydrogen (secondary N) is 2. The Bertz CT molecular complexity index is 187. The normalized spacial score (nSPS) is 30.6. The van der Waals surface area contributed by atoms with E-state index >= 15 is 0 Å². The fourth-order valence-electron chi connectivity index (χ4n) is 2.34. The van der Waals surface area contributed by atoms with Gasteiger partial charge >= 0.3 is 0 Å². The highest BCUT2D eigenvalue weighted by Gasteiger charge is 2.28. The van der Waals surface area contributed by atoms with Gasteiger partial charge in [0.2, 0.25) is 0 Å². The van der Waals surface area contributed by atoms with E-state index in [4.69, 9.17) is 4.74 Å². The van der Waals surface area contributed by atoms with Crippen LogP contribution in [0.4, 0.5) is 0 Å². The van der Waals surface area contributed by atoms with Crippen LogP contribution in [-0.2, 0) is 4.74 Å². The van der Waals surface area contributed by atoms with Crippen LogP contribution >= 0.6 is 0 Å². The molecule has 4 heteroatoms. The van der Waals surface area contributed by atoms with Crippen molar-refractivity contribution in [3.05, 3.63) is 0 Å². The predicted molar refractivity (Wildman–Crippen MR) is 58.9 cm³/mol. The van der Waals surface area contributed by atoms with Crippen LogP contribution in [-0.4, -0.2) is 49.6 Å². The first-order valence-electron chi connectivity index (χ1n) is 6.04. The number of ether oxygens (including phenoxy) is 1. The van der Waals surface area contributed by atoms with Gasteiger partial charge in [0, 0.05) is 19.7 Å². The van der Waals surface area contributed by atoms with Crippen molar-refractivity contribution in [1.29, 1.82) is 0 Å². The molecule has 0 aromatic heterocycles. The maximum Gasteiger partial charge on any atom is 0.0795 e. The van der Waals surface area contributed by atoms with Crippen molar-refractivity contribution < 1.29 is 9.84 Å². The largest absolute Gasteiger partial charge is 0.388 e. The predicted octanol–water partition coefficient (Wildman–Crippen LogP) is -0.131. The van der Waals surface area contributed by atoms with Crippen LogP contribution in [0.3, 0.4) is 0 Å². The summed E-state index contributed by atoms with van der Waals surface area (Å²) in [6.45, 7) is 4.35. The Morgan fingerprint density at radius 2 is 2.20 bits per heavy atom. The Labute approximate surface area is 91.4 Å². The van der Waals surface area contributed by atoms with E-state index in [1.54, 1.807) is 0 Å². The molecule has 2 aliphatic heterocycles. The zero-order valence-corrected chi connectivity index (χ0v) is 9.30. The number of piperidine rings is 1. The zero-order chi connectivity index (χ0) is 10.6. The number of hydrogen-bond donors (Lipinski definition) is 3. The van der Waals surface area contributed by atoms with Crippen molar-refractivity contribution in [3.63, 3.8) is 0 Å². The van der Waals surface area contributed by atoms with Gasteiger partial charge in [-0.3, -0.25) is 0 Å². The van der Waals surface area contributed by atoms with Gasteiger partial charge in [-0.1, -0.05) is 0 Å². The van der Waals surface area contributed by atoms with Crippen LogP contribution in [0.2, 0.25) is 0 Å². The maximum absolute atomic E-state index is 10.2. The molecule has 2 heterocycles. The van der Waals surface area contributed by atoms with Gasteiger partial charge in [0.05, 0.1) is 11.7 Å². The molecule has 1 unspecified atom stereocenters. The van der Waals surface area contributed by atoms with E-state index in [-0.39, 0.29) is 0 Å². The third-order valence-corrected chi connectivity index (χ3v) is 3.38. The quantitative estimate of drug-likeness (QED) is 0.610. The van der Waals surface area contributed by atoms with Crippen LogP contribution in [0.1, 0.15) is 25.7 Å². The summed E-state index contributed by atoms with van der Waals surface area (Å²) in [5.41, 5.74) is -0.496. The van der Waals surface area contributed by atoms with Gasteiger partial charge in [0.25, 0.3) is 0 Å². The van der Waals surface area contributed by atoms with E-state index in [9.17, 15) is 5.11 Å². The minimum atomic E-state index is -0.496. The first-order chi connectivity index (χ1) is 7.29. The summed E-state index contributed by atoms with van der Waals surface area (Å²) in [6, 6.07) is 0. The third kappa shape index (κ3) is 3.41. The third-order valence-electron chi connectivity index (χ3n) is 3.38. The van der Waals surface area contributed by atoms with Crippen molar-refractivity contribution in [2.24, 2.45) is 0 Å². The highest BCUT2D eigenvalue weighted by molar-refractivity contribution is 4.86. The molecule has 0 amide bonds. The highest BCUT2D eigenvalue weighted by atomic mass is 16.5. The lowest BCUT2D eigenvalue weighted by atomic mass is 9.92. The van der Waals surface area contributed by atoms with Gasteiger partial charge < -0.3 is 20.5 Å². The van der Waals surface area contributed by atoms with Gasteiger partial charge in [-0.05, 0) is 38.8 Å². The minimum Gasteiger partial charge on any atom is -0.388 e. The van der Waals surface area contributed by atoms with Gasteiger partial charge in [0.15, 0.2) is 0 Å². The molecular formula is C11H22N2O2. The average molecular weight is 214 g/mol. The van der Waals surface area contributed by atoms with Crippen LogP contribution < -0.4 is 10.6 Å². The molecule has 15 heavy (non-hydrogen) atoms.